The van der Waals surface area contributed by atoms with E-state index in [-0.39, 0.29) is 11.9 Å². The van der Waals surface area contributed by atoms with Crippen molar-refractivity contribution in [2.24, 2.45) is 5.10 Å². The molecule has 0 bridgehead atoms. The minimum atomic E-state index is -0.202. The number of nitrogens with zero attached hydrogens (tertiary/aromatic N) is 3. The molecule has 5 nitrogen and oxygen atoms in total. The molecule has 27 heavy (non-hydrogen) atoms. The van der Waals surface area contributed by atoms with Crippen LogP contribution in [-0.2, 0) is 0 Å². The Kier molecular flexibility index (Phi) is 4.66. The van der Waals surface area contributed by atoms with Crippen molar-refractivity contribution in [3.63, 3.8) is 0 Å². The number of pyridine rings is 1. The normalized spacial score (nSPS) is 16.1. The van der Waals surface area contributed by atoms with Crippen molar-refractivity contribution in [1.82, 2.24) is 9.99 Å². The number of hydrogen-bond acceptors (Lipinski definition) is 4. The van der Waals surface area contributed by atoms with Gasteiger partial charge in [0.15, 0.2) is 0 Å². The Morgan fingerprint density at radius 1 is 1.04 bits per heavy atom. The zero-order chi connectivity index (χ0) is 18.6. The van der Waals surface area contributed by atoms with E-state index in [0.29, 0.717) is 12.0 Å². The lowest BCUT2D eigenvalue weighted by atomic mass is 9.98. The summed E-state index contributed by atoms with van der Waals surface area (Å²) in [5.41, 5.74) is 3.29. The van der Waals surface area contributed by atoms with Gasteiger partial charge in [-0.2, -0.15) is 5.10 Å². The van der Waals surface area contributed by atoms with Gasteiger partial charge in [-0.3, -0.25) is 9.78 Å². The van der Waals surface area contributed by atoms with E-state index in [0.717, 1.165) is 22.6 Å². The van der Waals surface area contributed by atoms with Gasteiger partial charge >= 0.3 is 0 Å². The van der Waals surface area contributed by atoms with E-state index < -0.39 is 0 Å². The Hall–Kier alpha value is -3.47. The Morgan fingerprint density at radius 3 is 2.56 bits per heavy atom. The van der Waals surface area contributed by atoms with E-state index in [1.165, 1.54) is 0 Å². The van der Waals surface area contributed by atoms with E-state index in [9.17, 15) is 4.79 Å². The highest BCUT2D eigenvalue weighted by Gasteiger charge is 2.34. The van der Waals surface area contributed by atoms with Crippen molar-refractivity contribution in [3.05, 3.63) is 95.8 Å². The van der Waals surface area contributed by atoms with Crippen LogP contribution >= 0.6 is 0 Å². The van der Waals surface area contributed by atoms with Crippen LogP contribution in [0.25, 0.3) is 0 Å². The fourth-order valence-electron chi connectivity index (χ4n) is 3.29. The maximum Gasteiger partial charge on any atom is 0.274 e. The maximum atomic E-state index is 13.1. The summed E-state index contributed by atoms with van der Waals surface area (Å²) in [4.78, 5) is 17.3. The van der Waals surface area contributed by atoms with Crippen molar-refractivity contribution in [1.29, 1.82) is 0 Å². The monoisotopic (exact) mass is 357 g/mol. The topological polar surface area (TPSA) is 54.8 Å². The lowest BCUT2D eigenvalue weighted by Crippen LogP contribution is -2.27. The molecule has 4 rings (SSSR count). The van der Waals surface area contributed by atoms with Gasteiger partial charge in [0.1, 0.15) is 5.75 Å². The standard InChI is InChI=1S/C22H19N3O2/c1-27-21-12-6-5-11-18(21)19-14-20(17-10-7-13-23-15-17)25(24-19)22(26)16-8-3-2-4-9-16/h2-13,15,20H,14H2,1H3. The molecular formula is C22H19N3O2. The number of aromatic nitrogens is 1. The minimum absolute atomic E-state index is 0.130. The predicted octanol–water partition coefficient (Wildman–Crippen LogP) is 4.08. The molecule has 1 aromatic heterocycles. The van der Waals surface area contributed by atoms with Crippen LogP contribution in [0.3, 0.4) is 0 Å². The number of carbonyl (C=O) groups excluding carboxylic acids is 1. The Labute approximate surface area is 157 Å². The molecule has 0 fully saturated rings. The van der Waals surface area contributed by atoms with Gasteiger partial charge in [0.2, 0.25) is 0 Å². The summed E-state index contributed by atoms with van der Waals surface area (Å²) in [6, 6.07) is 20.6. The molecule has 0 spiro atoms. The number of rotatable bonds is 4. The van der Waals surface area contributed by atoms with Crippen molar-refractivity contribution in [3.8, 4) is 5.75 Å². The Morgan fingerprint density at radius 2 is 1.81 bits per heavy atom. The molecular weight excluding hydrogens is 338 g/mol. The first kappa shape index (κ1) is 17.0. The highest BCUT2D eigenvalue weighted by Crippen LogP contribution is 2.35. The van der Waals surface area contributed by atoms with Crippen molar-refractivity contribution < 1.29 is 9.53 Å². The number of para-hydroxylation sites is 1. The molecule has 0 aliphatic carbocycles. The zero-order valence-corrected chi connectivity index (χ0v) is 14.9. The fraction of sp³-hybridized carbons (Fsp3) is 0.136. The first-order chi connectivity index (χ1) is 13.3. The summed E-state index contributed by atoms with van der Waals surface area (Å²) >= 11 is 0. The Bertz CT molecular complexity index is 971. The SMILES string of the molecule is COc1ccccc1C1=NN(C(=O)c2ccccc2)C(c2cccnc2)C1. The van der Waals surface area contributed by atoms with Gasteiger partial charge in [-0.25, -0.2) is 5.01 Å². The van der Waals surface area contributed by atoms with Gasteiger partial charge in [-0.15, -0.1) is 0 Å². The van der Waals surface area contributed by atoms with Crippen LogP contribution in [-0.4, -0.2) is 28.7 Å². The molecule has 0 N–H and O–H groups in total. The number of ether oxygens (including phenoxy) is 1. The van der Waals surface area contributed by atoms with Crippen LogP contribution in [0, 0.1) is 0 Å². The molecule has 2 aromatic carbocycles. The molecule has 5 heteroatoms. The molecule has 0 radical (unpaired) electrons. The number of methoxy groups -OCH3 is 1. The van der Waals surface area contributed by atoms with E-state index in [2.05, 4.69) is 4.98 Å². The second-order valence-electron chi connectivity index (χ2n) is 6.27. The van der Waals surface area contributed by atoms with E-state index >= 15 is 0 Å². The van der Waals surface area contributed by atoms with Gasteiger partial charge in [-0.1, -0.05) is 36.4 Å². The molecule has 3 aromatic rings. The van der Waals surface area contributed by atoms with E-state index in [1.807, 2.05) is 54.6 Å². The summed E-state index contributed by atoms with van der Waals surface area (Å²) in [6.07, 6.45) is 4.12. The van der Waals surface area contributed by atoms with Crippen LogP contribution in [0.2, 0.25) is 0 Å². The molecule has 1 unspecified atom stereocenters. The van der Waals surface area contributed by atoms with Crippen LogP contribution < -0.4 is 4.74 Å². The summed E-state index contributed by atoms with van der Waals surface area (Å²) < 4.78 is 5.48. The Balaban J connectivity index is 1.76. The van der Waals surface area contributed by atoms with Gasteiger partial charge in [0.25, 0.3) is 5.91 Å². The third-order valence-electron chi connectivity index (χ3n) is 4.63. The van der Waals surface area contributed by atoms with Crippen molar-refractivity contribution >= 4 is 11.6 Å². The molecule has 1 aliphatic heterocycles. The third-order valence-corrected chi connectivity index (χ3v) is 4.63. The largest absolute Gasteiger partial charge is 0.496 e. The number of hydrogen-bond donors (Lipinski definition) is 0. The fourth-order valence-corrected chi connectivity index (χ4v) is 3.29. The van der Waals surface area contributed by atoms with Crippen molar-refractivity contribution in [2.75, 3.05) is 7.11 Å². The summed E-state index contributed by atoms with van der Waals surface area (Å²) in [6.45, 7) is 0. The molecule has 1 amide bonds. The maximum absolute atomic E-state index is 13.1. The van der Waals surface area contributed by atoms with Crippen LogP contribution in [0.4, 0.5) is 0 Å². The molecule has 134 valence electrons. The van der Waals surface area contributed by atoms with Crippen LogP contribution in [0.5, 0.6) is 5.75 Å². The summed E-state index contributed by atoms with van der Waals surface area (Å²) in [7, 11) is 1.64. The van der Waals surface area contributed by atoms with E-state index in [1.54, 1.807) is 36.6 Å². The average Bonchev–Trinajstić information content (AvgIpc) is 3.19. The lowest BCUT2D eigenvalue weighted by Gasteiger charge is -2.21. The van der Waals surface area contributed by atoms with Gasteiger partial charge in [0.05, 0.1) is 18.9 Å². The second-order valence-corrected chi connectivity index (χ2v) is 6.27. The second kappa shape index (κ2) is 7.41. The number of carbonyl (C=O) groups is 1. The number of benzene rings is 2. The highest BCUT2D eigenvalue weighted by atomic mass is 16.5. The summed E-state index contributed by atoms with van der Waals surface area (Å²) in [5.74, 6) is 0.615. The van der Waals surface area contributed by atoms with Crippen LogP contribution in [0.1, 0.15) is 33.9 Å². The van der Waals surface area contributed by atoms with Crippen LogP contribution in [0.15, 0.2) is 84.2 Å². The smallest absolute Gasteiger partial charge is 0.274 e. The molecule has 1 atom stereocenters. The molecule has 0 saturated carbocycles. The predicted molar refractivity (Wildman–Crippen MR) is 104 cm³/mol. The first-order valence-corrected chi connectivity index (χ1v) is 8.77. The third kappa shape index (κ3) is 3.31. The average molecular weight is 357 g/mol. The highest BCUT2D eigenvalue weighted by molar-refractivity contribution is 6.06. The van der Waals surface area contributed by atoms with Gasteiger partial charge in [0, 0.05) is 29.9 Å². The first-order valence-electron chi connectivity index (χ1n) is 8.77. The number of amides is 1. The zero-order valence-electron chi connectivity index (χ0n) is 14.9. The van der Waals surface area contributed by atoms with E-state index in [4.69, 9.17) is 9.84 Å². The van der Waals surface area contributed by atoms with Crippen molar-refractivity contribution in [2.45, 2.75) is 12.5 Å². The van der Waals surface area contributed by atoms with Gasteiger partial charge < -0.3 is 4.74 Å². The quantitative estimate of drug-likeness (QED) is 0.707. The van der Waals surface area contributed by atoms with Gasteiger partial charge in [-0.05, 0) is 35.9 Å². The summed E-state index contributed by atoms with van der Waals surface area (Å²) in [5, 5.41) is 6.26. The lowest BCUT2D eigenvalue weighted by molar-refractivity contribution is 0.0711. The molecule has 2 heterocycles. The molecule has 1 aliphatic rings. The number of hydrazone groups is 1. The minimum Gasteiger partial charge on any atom is -0.496 e. The molecule has 0 saturated heterocycles.